The van der Waals surface area contributed by atoms with Gasteiger partial charge in [-0.05, 0) is 25.0 Å². The summed E-state index contributed by atoms with van der Waals surface area (Å²) in [6.45, 7) is 3.32. The smallest absolute Gasteiger partial charge is 0.275 e. The summed E-state index contributed by atoms with van der Waals surface area (Å²) in [6.07, 6.45) is 0. The second kappa shape index (κ2) is 5.27. The standard InChI is InChI=1S/C11H14N2O3/c1-7-4-3-5-8(2)10(7)11(15)13-16-6-9(12)14/h3-5H,6H2,1-2H3,(H2,12,14)(H,13,15). The predicted molar refractivity (Wildman–Crippen MR) is 58.5 cm³/mol. The van der Waals surface area contributed by atoms with E-state index in [4.69, 9.17) is 5.73 Å². The zero-order valence-corrected chi connectivity index (χ0v) is 9.24. The second-order valence-electron chi connectivity index (χ2n) is 3.45. The Morgan fingerprint density at radius 3 is 2.38 bits per heavy atom. The first-order chi connectivity index (χ1) is 7.52. The van der Waals surface area contributed by atoms with E-state index in [9.17, 15) is 9.59 Å². The maximum atomic E-state index is 11.7. The lowest BCUT2D eigenvalue weighted by Crippen LogP contribution is -2.30. The van der Waals surface area contributed by atoms with Gasteiger partial charge in [-0.2, -0.15) is 0 Å². The third-order valence-corrected chi connectivity index (χ3v) is 2.09. The Kier molecular flexibility index (Phi) is 4.02. The highest BCUT2D eigenvalue weighted by Crippen LogP contribution is 2.12. The van der Waals surface area contributed by atoms with Crippen LogP contribution in [0, 0.1) is 13.8 Å². The van der Waals surface area contributed by atoms with Crippen LogP contribution in [0.1, 0.15) is 21.5 Å². The summed E-state index contributed by atoms with van der Waals surface area (Å²) in [5.41, 5.74) is 9.28. The van der Waals surface area contributed by atoms with E-state index < -0.39 is 5.91 Å². The van der Waals surface area contributed by atoms with E-state index in [1.165, 1.54) is 0 Å². The van der Waals surface area contributed by atoms with E-state index in [1.807, 2.05) is 32.0 Å². The number of primary amides is 1. The molecule has 0 heterocycles. The molecule has 0 aromatic heterocycles. The van der Waals surface area contributed by atoms with Crippen LogP contribution >= 0.6 is 0 Å². The van der Waals surface area contributed by atoms with E-state index in [1.54, 1.807) is 0 Å². The molecule has 2 amide bonds. The third-order valence-electron chi connectivity index (χ3n) is 2.09. The number of carbonyl (C=O) groups is 2. The second-order valence-corrected chi connectivity index (χ2v) is 3.45. The Hall–Kier alpha value is -1.88. The summed E-state index contributed by atoms with van der Waals surface area (Å²) in [4.78, 5) is 26.7. The summed E-state index contributed by atoms with van der Waals surface area (Å²) in [5.74, 6) is -1.02. The van der Waals surface area contributed by atoms with Crippen LogP contribution in [0.5, 0.6) is 0 Å². The van der Waals surface area contributed by atoms with Crippen molar-refractivity contribution < 1.29 is 14.4 Å². The number of amides is 2. The normalized spacial score (nSPS) is 9.88. The number of hydrogen-bond acceptors (Lipinski definition) is 3. The topological polar surface area (TPSA) is 81.4 Å². The fourth-order valence-electron chi connectivity index (χ4n) is 1.40. The molecule has 0 fully saturated rings. The molecule has 0 aliphatic heterocycles. The number of hydrogen-bond donors (Lipinski definition) is 2. The average Bonchev–Trinajstić information content (AvgIpc) is 2.16. The van der Waals surface area contributed by atoms with Crippen LogP contribution in [0.25, 0.3) is 0 Å². The minimum atomic E-state index is -0.637. The van der Waals surface area contributed by atoms with Crippen LogP contribution in [0.3, 0.4) is 0 Å². The highest BCUT2D eigenvalue weighted by Gasteiger charge is 2.11. The average molecular weight is 222 g/mol. The van der Waals surface area contributed by atoms with Crippen LogP contribution < -0.4 is 11.2 Å². The van der Waals surface area contributed by atoms with Gasteiger partial charge in [0.05, 0.1) is 0 Å². The van der Waals surface area contributed by atoms with Crippen LogP contribution in [-0.4, -0.2) is 18.4 Å². The summed E-state index contributed by atoms with van der Waals surface area (Å²) in [5, 5.41) is 0. The molecule has 5 nitrogen and oxygen atoms in total. The minimum absolute atomic E-state index is 0.337. The van der Waals surface area contributed by atoms with E-state index in [0.717, 1.165) is 11.1 Å². The Morgan fingerprint density at radius 2 is 1.88 bits per heavy atom. The zero-order chi connectivity index (χ0) is 12.1. The summed E-state index contributed by atoms with van der Waals surface area (Å²) in [7, 11) is 0. The summed E-state index contributed by atoms with van der Waals surface area (Å²) < 4.78 is 0. The van der Waals surface area contributed by atoms with Crippen molar-refractivity contribution in [1.29, 1.82) is 0 Å². The molecule has 86 valence electrons. The van der Waals surface area contributed by atoms with E-state index >= 15 is 0 Å². The molecule has 0 saturated carbocycles. The van der Waals surface area contributed by atoms with Crippen molar-refractivity contribution in [2.45, 2.75) is 13.8 Å². The number of benzene rings is 1. The lowest BCUT2D eigenvalue weighted by atomic mass is 10.0. The van der Waals surface area contributed by atoms with Gasteiger partial charge in [-0.3, -0.25) is 14.4 Å². The molecule has 0 unspecified atom stereocenters. The van der Waals surface area contributed by atoms with Crippen molar-refractivity contribution in [3.05, 3.63) is 34.9 Å². The predicted octanol–water partition coefficient (Wildman–Crippen LogP) is 0.450. The number of nitrogens with one attached hydrogen (secondary N) is 1. The van der Waals surface area contributed by atoms with Gasteiger partial charge in [-0.25, -0.2) is 5.48 Å². The minimum Gasteiger partial charge on any atom is -0.368 e. The first kappa shape index (κ1) is 12.2. The van der Waals surface area contributed by atoms with E-state index in [-0.39, 0.29) is 12.5 Å². The number of carbonyl (C=O) groups excluding carboxylic acids is 2. The molecule has 0 radical (unpaired) electrons. The lowest BCUT2D eigenvalue weighted by molar-refractivity contribution is -0.124. The van der Waals surface area contributed by atoms with Gasteiger partial charge >= 0.3 is 0 Å². The SMILES string of the molecule is Cc1cccc(C)c1C(=O)NOCC(N)=O. The van der Waals surface area contributed by atoms with Crippen molar-refractivity contribution in [3.63, 3.8) is 0 Å². The molecule has 0 atom stereocenters. The highest BCUT2D eigenvalue weighted by atomic mass is 16.7. The number of aryl methyl sites for hydroxylation is 2. The van der Waals surface area contributed by atoms with Crippen molar-refractivity contribution in [1.82, 2.24) is 5.48 Å². The molecule has 1 rings (SSSR count). The first-order valence-electron chi connectivity index (χ1n) is 4.79. The largest absolute Gasteiger partial charge is 0.368 e. The van der Waals surface area contributed by atoms with Crippen LogP contribution in [0.2, 0.25) is 0 Å². The van der Waals surface area contributed by atoms with Crippen molar-refractivity contribution in [2.75, 3.05) is 6.61 Å². The Labute approximate surface area is 93.5 Å². The maximum Gasteiger partial charge on any atom is 0.275 e. The number of hydroxylamine groups is 1. The molecule has 0 aliphatic rings. The molecule has 0 bridgehead atoms. The van der Waals surface area contributed by atoms with E-state index in [2.05, 4.69) is 10.3 Å². The van der Waals surface area contributed by atoms with Crippen LogP contribution in [0.15, 0.2) is 18.2 Å². The van der Waals surface area contributed by atoms with Gasteiger partial charge < -0.3 is 5.73 Å². The van der Waals surface area contributed by atoms with E-state index in [0.29, 0.717) is 5.56 Å². The number of rotatable bonds is 4. The lowest BCUT2D eigenvalue weighted by Gasteiger charge is -2.09. The van der Waals surface area contributed by atoms with Gasteiger partial charge in [-0.1, -0.05) is 18.2 Å². The van der Waals surface area contributed by atoms with Crippen molar-refractivity contribution in [3.8, 4) is 0 Å². The van der Waals surface area contributed by atoms with Gasteiger partial charge in [0.25, 0.3) is 5.91 Å². The molecule has 3 N–H and O–H groups in total. The fraction of sp³-hybridized carbons (Fsp3) is 0.273. The van der Waals surface area contributed by atoms with Crippen molar-refractivity contribution in [2.24, 2.45) is 5.73 Å². The van der Waals surface area contributed by atoms with Gasteiger partial charge in [0.2, 0.25) is 5.91 Å². The van der Waals surface area contributed by atoms with Gasteiger partial charge in [-0.15, -0.1) is 0 Å². The first-order valence-corrected chi connectivity index (χ1v) is 4.79. The van der Waals surface area contributed by atoms with Gasteiger partial charge in [0.1, 0.15) is 0 Å². The molecule has 5 heteroatoms. The van der Waals surface area contributed by atoms with Crippen LogP contribution in [-0.2, 0) is 9.63 Å². The van der Waals surface area contributed by atoms with Gasteiger partial charge in [0.15, 0.2) is 6.61 Å². The Bertz CT molecular complexity index is 395. The quantitative estimate of drug-likeness (QED) is 0.726. The zero-order valence-electron chi connectivity index (χ0n) is 9.24. The maximum absolute atomic E-state index is 11.7. The van der Waals surface area contributed by atoms with Crippen molar-refractivity contribution >= 4 is 11.8 Å². The molecule has 0 saturated heterocycles. The molecule has 16 heavy (non-hydrogen) atoms. The molecule has 1 aromatic carbocycles. The third kappa shape index (κ3) is 3.06. The monoisotopic (exact) mass is 222 g/mol. The molecular weight excluding hydrogens is 208 g/mol. The molecule has 1 aromatic rings. The van der Waals surface area contributed by atoms with Gasteiger partial charge in [0, 0.05) is 5.56 Å². The highest BCUT2D eigenvalue weighted by molar-refractivity contribution is 5.96. The number of nitrogens with two attached hydrogens (primary N) is 1. The summed E-state index contributed by atoms with van der Waals surface area (Å²) >= 11 is 0. The Morgan fingerprint density at radius 1 is 1.31 bits per heavy atom. The molecular formula is C11H14N2O3. The Balaban J connectivity index is 2.70. The molecule has 0 aliphatic carbocycles. The molecule has 0 spiro atoms. The fourth-order valence-corrected chi connectivity index (χ4v) is 1.40. The van der Waals surface area contributed by atoms with Crippen LogP contribution in [0.4, 0.5) is 0 Å². The summed E-state index contributed by atoms with van der Waals surface area (Å²) in [6, 6.07) is 5.53.